The lowest BCUT2D eigenvalue weighted by molar-refractivity contribution is 0.0609. The van der Waals surface area contributed by atoms with Crippen molar-refractivity contribution >= 4 is 16.7 Å². The Labute approximate surface area is 164 Å². The molecule has 0 saturated carbocycles. The highest BCUT2D eigenvalue weighted by molar-refractivity contribution is 5.84. The maximum absolute atomic E-state index is 13.0. The van der Waals surface area contributed by atoms with Crippen LogP contribution >= 0.6 is 0 Å². The van der Waals surface area contributed by atoms with E-state index in [1.54, 1.807) is 17.0 Å². The van der Waals surface area contributed by atoms with Crippen molar-refractivity contribution in [3.05, 3.63) is 58.3 Å². The molecule has 0 bridgehead atoms. The van der Waals surface area contributed by atoms with Crippen LogP contribution in [0, 0.1) is 6.92 Å². The Morgan fingerprint density at radius 2 is 2.04 bits per heavy atom. The Morgan fingerprint density at radius 1 is 1.25 bits per heavy atom. The molecule has 0 aromatic carbocycles. The summed E-state index contributed by atoms with van der Waals surface area (Å²) < 4.78 is 8.25. The monoisotopic (exact) mass is 378 g/mol. The molecule has 0 amide bonds. The third-order valence-corrected chi connectivity index (χ3v) is 5.52. The molecule has 1 unspecified atom stereocenters. The number of hydrogen-bond donors (Lipinski definition) is 1. The molecule has 1 aliphatic rings. The van der Waals surface area contributed by atoms with Crippen LogP contribution in [0.25, 0.3) is 11.0 Å². The van der Waals surface area contributed by atoms with Crippen molar-refractivity contribution in [1.29, 1.82) is 0 Å². The average Bonchev–Trinajstić information content (AvgIpc) is 2.69. The van der Waals surface area contributed by atoms with Gasteiger partial charge in [0, 0.05) is 43.3 Å². The van der Waals surface area contributed by atoms with Gasteiger partial charge in [0.05, 0.1) is 10.9 Å². The van der Waals surface area contributed by atoms with Crippen molar-refractivity contribution in [2.75, 3.05) is 11.9 Å². The predicted octanol–water partition coefficient (Wildman–Crippen LogP) is 3.71. The number of ether oxygens (including phenoxy) is 1. The lowest BCUT2D eigenvalue weighted by Crippen LogP contribution is -2.41. The van der Waals surface area contributed by atoms with Gasteiger partial charge in [-0.1, -0.05) is 0 Å². The molecule has 146 valence electrons. The molecule has 1 aliphatic heterocycles. The largest absolute Gasteiger partial charge is 0.486 e. The Kier molecular flexibility index (Phi) is 4.79. The Bertz CT molecular complexity index is 1060. The summed E-state index contributed by atoms with van der Waals surface area (Å²) in [4.78, 5) is 21.7. The molecule has 1 N–H and O–H groups in total. The van der Waals surface area contributed by atoms with Gasteiger partial charge in [-0.2, -0.15) is 0 Å². The van der Waals surface area contributed by atoms with Crippen molar-refractivity contribution < 1.29 is 4.74 Å². The first kappa shape index (κ1) is 18.5. The van der Waals surface area contributed by atoms with Gasteiger partial charge in [0.1, 0.15) is 17.0 Å². The van der Waals surface area contributed by atoms with Crippen LogP contribution in [0.5, 0.6) is 5.75 Å². The van der Waals surface area contributed by atoms with Crippen LogP contribution in [0.2, 0.25) is 0 Å². The van der Waals surface area contributed by atoms with Crippen LogP contribution in [-0.4, -0.2) is 26.7 Å². The van der Waals surface area contributed by atoms with Gasteiger partial charge in [0.25, 0.3) is 5.56 Å². The molecular weight excluding hydrogens is 352 g/mol. The van der Waals surface area contributed by atoms with E-state index in [1.165, 1.54) is 0 Å². The fourth-order valence-electron chi connectivity index (χ4n) is 3.88. The zero-order chi connectivity index (χ0) is 19.7. The number of anilines is 1. The number of hydrogen-bond acceptors (Lipinski definition) is 5. The van der Waals surface area contributed by atoms with Crippen LogP contribution in [0.1, 0.15) is 37.9 Å². The number of aryl methyl sites for hydroxylation is 2. The molecule has 28 heavy (non-hydrogen) atoms. The Balaban J connectivity index is 1.64. The van der Waals surface area contributed by atoms with Crippen LogP contribution in [0.3, 0.4) is 0 Å². The van der Waals surface area contributed by atoms with E-state index >= 15 is 0 Å². The van der Waals surface area contributed by atoms with Crippen LogP contribution in [0.15, 0.2) is 41.5 Å². The summed E-state index contributed by atoms with van der Waals surface area (Å²) in [7, 11) is 0. The second-order valence-electron chi connectivity index (χ2n) is 7.65. The lowest BCUT2D eigenvalue weighted by atomic mass is 9.89. The SMILES string of the molecule is CCn1c(=O)c2c(c3ccc(C)nc31)OC(C)(CCNc1ccncc1)CC2. The van der Waals surface area contributed by atoms with Gasteiger partial charge in [-0.05, 0) is 57.9 Å². The van der Waals surface area contributed by atoms with Gasteiger partial charge >= 0.3 is 0 Å². The quantitative estimate of drug-likeness (QED) is 0.733. The van der Waals surface area contributed by atoms with E-state index in [0.717, 1.165) is 53.9 Å². The summed E-state index contributed by atoms with van der Waals surface area (Å²) in [6.45, 7) is 7.45. The molecule has 6 heteroatoms. The van der Waals surface area contributed by atoms with E-state index < -0.39 is 0 Å². The minimum Gasteiger partial charge on any atom is -0.486 e. The third kappa shape index (κ3) is 3.35. The van der Waals surface area contributed by atoms with Crippen molar-refractivity contribution in [1.82, 2.24) is 14.5 Å². The van der Waals surface area contributed by atoms with Crippen LogP contribution < -0.4 is 15.6 Å². The fraction of sp³-hybridized carbons (Fsp3) is 0.409. The first-order valence-corrected chi connectivity index (χ1v) is 9.87. The second kappa shape index (κ2) is 7.26. The molecule has 0 fully saturated rings. The molecule has 0 aliphatic carbocycles. The molecule has 3 aromatic heterocycles. The number of aromatic nitrogens is 3. The van der Waals surface area contributed by atoms with E-state index in [4.69, 9.17) is 4.74 Å². The van der Waals surface area contributed by atoms with Gasteiger partial charge in [0.2, 0.25) is 0 Å². The number of nitrogens with zero attached hydrogens (tertiary/aromatic N) is 3. The fourth-order valence-corrected chi connectivity index (χ4v) is 3.88. The second-order valence-corrected chi connectivity index (χ2v) is 7.65. The zero-order valence-corrected chi connectivity index (χ0v) is 16.7. The molecular formula is C22H26N4O2. The minimum atomic E-state index is -0.324. The number of pyridine rings is 3. The average molecular weight is 378 g/mol. The first-order chi connectivity index (χ1) is 13.5. The molecule has 0 radical (unpaired) electrons. The molecule has 0 saturated heterocycles. The molecule has 4 rings (SSSR count). The van der Waals surface area contributed by atoms with Gasteiger partial charge < -0.3 is 10.1 Å². The summed E-state index contributed by atoms with van der Waals surface area (Å²) in [5.74, 6) is 0.717. The van der Waals surface area contributed by atoms with Gasteiger partial charge in [-0.25, -0.2) is 4.98 Å². The maximum Gasteiger partial charge on any atom is 0.259 e. The number of rotatable bonds is 5. The summed E-state index contributed by atoms with van der Waals surface area (Å²) in [5.41, 5.74) is 3.14. The summed E-state index contributed by atoms with van der Waals surface area (Å²) in [6, 6.07) is 7.92. The highest BCUT2D eigenvalue weighted by Crippen LogP contribution is 2.38. The van der Waals surface area contributed by atoms with Gasteiger partial charge in [-0.3, -0.25) is 14.3 Å². The molecule has 4 heterocycles. The summed E-state index contributed by atoms with van der Waals surface area (Å²) in [5, 5.41) is 4.34. The molecule has 6 nitrogen and oxygen atoms in total. The molecule has 1 atom stereocenters. The summed E-state index contributed by atoms with van der Waals surface area (Å²) >= 11 is 0. The van der Waals surface area contributed by atoms with Crippen molar-refractivity contribution in [3.63, 3.8) is 0 Å². The van der Waals surface area contributed by atoms with Gasteiger partial charge in [-0.15, -0.1) is 0 Å². The van der Waals surface area contributed by atoms with E-state index in [-0.39, 0.29) is 11.2 Å². The topological polar surface area (TPSA) is 69.0 Å². The van der Waals surface area contributed by atoms with E-state index in [2.05, 4.69) is 22.2 Å². The summed E-state index contributed by atoms with van der Waals surface area (Å²) in [6.07, 6.45) is 5.94. The first-order valence-electron chi connectivity index (χ1n) is 9.87. The third-order valence-electron chi connectivity index (χ3n) is 5.52. The van der Waals surface area contributed by atoms with E-state index in [9.17, 15) is 4.79 Å². The Morgan fingerprint density at radius 3 is 2.79 bits per heavy atom. The predicted molar refractivity (Wildman–Crippen MR) is 111 cm³/mol. The van der Waals surface area contributed by atoms with Crippen molar-refractivity contribution in [2.45, 2.75) is 52.2 Å². The van der Waals surface area contributed by atoms with Gasteiger partial charge in [0.15, 0.2) is 0 Å². The van der Waals surface area contributed by atoms with Crippen molar-refractivity contribution in [2.24, 2.45) is 0 Å². The highest BCUT2D eigenvalue weighted by atomic mass is 16.5. The standard InChI is InChI=1S/C22H26N4O2/c1-4-26-20-17(6-5-15(2)25-20)19-18(21(26)27)7-10-22(3,28-19)11-14-24-16-8-12-23-13-9-16/h5-6,8-9,12-13H,4,7,10-11,14H2,1-3H3,(H,23,24). The Hall–Kier alpha value is -2.89. The number of nitrogens with one attached hydrogen (secondary N) is 1. The highest BCUT2D eigenvalue weighted by Gasteiger charge is 2.34. The maximum atomic E-state index is 13.0. The van der Waals surface area contributed by atoms with Crippen molar-refractivity contribution in [3.8, 4) is 5.75 Å². The molecule has 3 aromatic rings. The number of fused-ring (bicyclic) bond motifs is 3. The molecule has 0 spiro atoms. The van der Waals surface area contributed by atoms with E-state index in [0.29, 0.717) is 12.2 Å². The van der Waals surface area contributed by atoms with Crippen LogP contribution in [-0.2, 0) is 13.0 Å². The van der Waals surface area contributed by atoms with Crippen LogP contribution in [0.4, 0.5) is 5.69 Å². The van der Waals surface area contributed by atoms with E-state index in [1.807, 2.05) is 38.1 Å². The zero-order valence-electron chi connectivity index (χ0n) is 16.7. The normalized spacial score (nSPS) is 18.5. The smallest absolute Gasteiger partial charge is 0.259 e. The minimum absolute atomic E-state index is 0.0278. The lowest BCUT2D eigenvalue weighted by Gasteiger charge is -2.36.